The summed E-state index contributed by atoms with van der Waals surface area (Å²) in [5.41, 5.74) is 5.66. The maximum Gasteiger partial charge on any atom is 0.330 e. The summed E-state index contributed by atoms with van der Waals surface area (Å²) in [6.07, 6.45) is 0.295. The molecule has 1 heterocycles. The third-order valence-corrected chi connectivity index (χ3v) is 5.41. The van der Waals surface area contributed by atoms with Crippen LogP contribution in [-0.2, 0) is 25.4 Å². The van der Waals surface area contributed by atoms with E-state index in [1.807, 2.05) is 6.92 Å². The molecule has 5 unspecified atom stereocenters. The molecule has 0 spiro atoms. The summed E-state index contributed by atoms with van der Waals surface area (Å²) in [5, 5.41) is 6.88. The van der Waals surface area contributed by atoms with Crippen molar-refractivity contribution in [1.29, 1.82) is 0 Å². The number of hydrogen-bond donors (Lipinski definition) is 3. The Labute approximate surface area is 127 Å². The van der Waals surface area contributed by atoms with Crippen LogP contribution in [0.25, 0.3) is 0 Å². The van der Waals surface area contributed by atoms with Crippen LogP contribution in [-0.4, -0.2) is 31.3 Å². The van der Waals surface area contributed by atoms with Crippen molar-refractivity contribution in [3.8, 4) is 0 Å². The Morgan fingerprint density at radius 2 is 2.00 bits per heavy atom. The first-order valence-electron chi connectivity index (χ1n) is 7.14. The largest absolute Gasteiger partial charge is 0.330 e. The van der Waals surface area contributed by atoms with Crippen LogP contribution < -0.4 is 16.4 Å². The average Bonchev–Trinajstić information content (AvgIpc) is 2.26. The van der Waals surface area contributed by atoms with E-state index in [2.05, 4.69) is 31.4 Å². The fraction of sp³-hybridized carbons (Fsp3) is 1.00. The smallest absolute Gasteiger partial charge is 0.309 e. The second kappa shape index (κ2) is 8.15. The van der Waals surface area contributed by atoms with E-state index in [1.165, 1.54) is 0 Å². The molecule has 1 aliphatic heterocycles. The molecule has 1 saturated heterocycles. The van der Waals surface area contributed by atoms with E-state index in [0.29, 0.717) is 18.6 Å². The molecule has 0 aliphatic carbocycles. The molecule has 1 rings (SSSR count). The van der Waals surface area contributed by atoms with E-state index in [4.69, 9.17) is 31.1 Å². The van der Waals surface area contributed by atoms with Crippen LogP contribution in [0.2, 0.25) is 0 Å². The molecule has 0 saturated carbocycles. The van der Waals surface area contributed by atoms with Gasteiger partial charge >= 0.3 is 6.72 Å². The van der Waals surface area contributed by atoms with Gasteiger partial charge in [0, 0.05) is 12.5 Å². The van der Waals surface area contributed by atoms with Gasteiger partial charge in [0.1, 0.15) is 12.5 Å². The summed E-state index contributed by atoms with van der Waals surface area (Å²) in [6, 6.07) is 0.342. The van der Waals surface area contributed by atoms with Crippen molar-refractivity contribution >= 4 is 18.5 Å². The Bertz CT molecular complexity index is 344. The average molecular weight is 325 g/mol. The summed E-state index contributed by atoms with van der Waals surface area (Å²) in [5.74, 6) is 0.447. The molecule has 120 valence electrons. The van der Waals surface area contributed by atoms with Crippen LogP contribution in [0.5, 0.6) is 0 Å². The number of rotatable bonds is 7. The van der Waals surface area contributed by atoms with Crippen LogP contribution in [0.1, 0.15) is 41.0 Å². The minimum absolute atomic E-state index is 0.184. The molecular formula is C12H28N3O3PS. The van der Waals surface area contributed by atoms with Crippen LogP contribution in [0.4, 0.5) is 0 Å². The van der Waals surface area contributed by atoms with E-state index >= 15 is 0 Å². The van der Waals surface area contributed by atoms with E-state index in [-0.39, 0.29) is 12.4 Å². The van der Waals surface area contributed by atoms with Gasteiger partial charge in [0.2, 0.25) is 0 Å². The molecule has 0 aromatic heterocycles. The standard InChI is InChI=1S/C12H28N3O3PS/c1-6-16-19(20,17-10(5)13)18-11-7-9(4)14-12(15-11)8(2)3/h8-12,14-15H,6-7,13H2,1-5H3. The van der Waals surface area contributed by atoms with E-state index in [1.54, 1.807) is 6.92 Å². The molecule has 1 aliphatic rings. The second-order valence-corrected chi connectivity index (χ2v) is 8.38. The van der Waals surface area contributed by atoms with Gasteiger partial charge in [-0.2, -0.15) is 0 Å². The van der Waals surface area contributed by atoms with Gasteiger partial charge in [0.15, 0.2) is 0 Å². The van der Waals surface area contributed by atoms with Crippen molar-refractivity contribution in [3.05, 3.63) is 0 Å². The van der Waals surface area contributed by atoms with Crippen molar-refractivity contribution in [1.82, 2.24) is 10.6 Å². The van der Waals surface area contributed by atoms with Crippen molar-refractivity contribution in [2.75, 3.05) is 6.61 Å². The summed E-state index contributed by atoms with van der Waals surface area (Å²) >= 11 is 5.41. The summed E-state index contributed by atoms with van der Waals surface area (Å²) in [7, 11) is 0. The maximum absolute atomic E-state index is 5.93. The van der Waals surface area contributed by atoms with E-state index < -0.39 is 12.9 Å². The molecule has 8 heteroatoms. The highest BCUT2D eigenvalue weighted by Gasteiger charge is 2.33. The zero-order chi connectivity index (χ0) is 15.3. The molecular weight excluding hydrogens is 297 g/mol. The van der Waals surface area contributed by atoms with Crippen LogP contribution in [0.15, 0.2) is 0 Å². The first kappa shape index (κ1) is 18.5. The van der Waals surface area contributed by atoms with Gasteiger partial charge < -0.3 is 10.3 Å². The lowest BCUT2D eigenvalue weighted by molar-refractivity contribution is 0.0345. The number of nitrogens with one attached hydrogen (secondary N) is 2. The minimum atomic E-state index is -2.81. The first-order valence-corrected chi connectivity index (χ1v) is 9.70. The molecule has 1 fully saturated rings. The van der Waals surface area contributed by atoms with Gasteiger partial charge in [0.25, 0.3) is 0 Å². The Morgan fingerprint density at radius 3 is 2.50 bits per heavy atom. The highest BCUT2D eigenvalue weighted by atomic mass is 32.5. The number of hydrogen-bond acceptors (Lipinski definition) is 7. The summed E-state index contributed by atoms with van der Waals surface area (Å²) in [4.78, 5) is 0. The topological polar surface area (TPSA) is 77.8 Å². The normalized spacial score (nSPS) is 32.0. The fourth-order valence-corrected chi connectivity index (χ4v) is 4.46. The third kappa shape index (κ3) is 6.03. The Balaban J connectivity index is 2.69. The quantitative estimate of drug-likeness (QED) is 0.487. The van der Waals surface area contributed by atoms with Gasteiger partial charge in [-0.05, 0) is 38.5 Å². The first-order chi connectivity index (χ1) is 9.25. The minimum Gasteiger partial charge on any atom is -0.309 e. The van der Waals surface area contributed by atoms with Crippen LogP contribution in [0, 0.1) is 5.92 Å². The fourth-order valence-electron chi connectivity index (χ4n) is 2.07. The second-order valence-electron chi connectivity index (χ2n) is 5.46. The Kier molecular flexibility index (Phi) is 7.52. The van der Waals surface area contributed by atoms with Gasteiger partial charge in [-0.15, -0.1) is 0 Å². The molecule has 4 N–H and O–H groups in total. The molecule has 5 atom stereocenters. The van der Waals surface area contributed by atoms with Gasteiger partial charge in [-0.25, -0.2) is 0 Å². The summed E-state index contributed by atoms with van der Waals surface area (Å²) in [6.45, 7) is 7.65. The monoisotopic (exact) mass is 325 g/mol. The molecule has 0 aromatic carbocycles. The number of nitrogens with two attached hydrogens (primary N) is 1. The van der Waals surface area contributed by atoms with Crippen molar-refractivity contribution in [2.45, 2.75) is 65.7 Å². The lowest BCUT2D eigenvalue weighted by atomic mass is 10.1. The van der Waals surface area contributed by atoms with Crippen molar-refractivity contribution in [3.63, 3.8) is 0 Å². The predicted molar refractivity (Wildman–Crippen MR) is 84.5 cm³/mol. The third-order valence-electron chi connectivity index (χ3n) is 2.90. The van der Waals surface area contributed by atoms with E-state index in [9.17, 15) is 0 Å². The van der Waals surface area contributed by atoms with Gasteiger partial charge in [0.05, 0.1) is 12.8 Å². The molecule has 0 amide bonds. The van der Waals surface area contributed by atoms with Gasteiger partial charge in [-0.1, -0.05) is 13.8 Å². The molecule has 6 nitrogen and oxygen atoms in total. The molecule has 0 aromatic rings. The molecule has 0 radical (unpaired) electrons. The highest BCUT2D eigenvalue weighted by Crippen LogP contribution is 2.51. The summed E-state index contributed by atoms with van der Waals surface area (Å²) < 4.78 is 17.0. The van der Waals surface area contributed by atoms with Crippen LogP contribution in [0.3, 0.4) is 0 Å². The van der Waals surface area contributed by atoms with Crippen molar-refractivity contribution in [2.24, 2.45) is 11.7 Å². The van der Waals surface area contributed by atoms with Gasteiger partial charge in [-0.3, -0.25) is 19.7 Å². The zero-order valence-corrected chi connectivity index (χ0v) is 14.7. The lowest BCUT2D eigenvalue weighted by Crippen LogP contribution is -2.60. The molecule has 0 bridgehead atoms. The van der Waals surface area contributed by atoms with Crippen LogP contribution >= 0.6 is 6.72 Å². The van der Waals surface area contributed by atoms with Crippen molar-refractivity contribution < 1.29 is 13.6 Å². The predicted octanol–water partition coefficient (Wildman–Crippen LogP) is 1.86. The lowest BCUT2D eigenvalue weighted by Gasteiger charge is -2.39. The SMILES string of the molecule is CCOP(=S)(OC(C)N)OC1CC(C)NC(C(C)C)N1. The zero-order valence-electron chi connectivity index (χ0n) is 13.0. The Morgan fingerprint density at radius 1 is 1.35 bits per heavy atom. The Hall–Kier alpha value is 0.410. The maximum atomic E-state index is 5.93. The van der Waals surface area contributed by atoms with E-state index in [0.717, 1.165) is 6.42 Å². The molecule has 20 heavy (non-hydrogen) atoms. The highest BCUT2D eigenvalue weighted by molar-refractivity contribution is 8.07.